The minimum absolute atomic E-state index is 0.0147. The number of hydrogen-bond acceptors (Lipinski definition) is 3. The van der Waals surface area contributed by atoms with Gasteiger partial charge in [0.25, 0.3) is 0 Å². The summed E-state index contributed by atoms with van der Waals surface area (Å²) in [5.41, 5.74) is 0.651. The Morgan fingerprint density at radius 2 is 2.10 bits per heavy atom. The van der Waals surface area contributed by atoms with Crippen LogP contribution in [0.4, 0.5) is 8.78 Å². The van der Waals surface area contributed by atoms with Gasteiger partial charge in [-0.05, 0) is 19.1 Å². The summed E-state index contributed by atoms with van der Waals surface area (Å²) in [5.74, 6) is -1.95. The molecular formula is C12H13F2N3O2S. The highest BCUT2D eigenvalue weighted by molar-refractivity contribution is 7.89. The third-order valence-electron chi connectivity index (χ3n) is 2.66. The van der Waals surface area contributed by atoms with E-state index in [1.807, 2.05) is 6.92 Å². The molecule has 1 N–H and O–H groups in total. The standard InChI is InChI=1S/C12H13F2N3O2S/c1-2-17-8-9(6-15-17)7-16-20(18,19)12-4-3-10(13)5-11(12)14/h3-6,8,16H,2,7H2,1H3. The molecule has 108 valence electrons. The first-order valence-corrected chi connectivity index (χ1v) is 7.36. The quantitative estimate of drug-likeness (QED) is 0.913. The fourth-order valence-corrected chi connectivity index (χ4v) is 2.69. The second-order valence-corrected chi connectivity index (χ2v) is 5.84. The van der Waals surface area contributed by atoms with Crippen molar-refractivity contribution in [3.63, 3.8) is 0 Å². The summed E-state index contributed by atoms with van der Waals surface area (Å²) < 4.78 is 53.9. The normalized spacial score (nSPS) is 11.8. The Hall–Kier alpha value is -1.80. The molecule has 0 saturated carbocycles. The van der Waals surface area contributed by atoms with Gasteiger partial charge < -0.3 is 0 Å². The number of benzene rings is 1. The van der Waals surface area contributed by atoms with E-state index in [0.29, 0.717) is 18.2 Å². The molecule has 20 heavy (non-hydrogen) atoms. The number of sulfonamides is 1. The molecule has 0 fully saturated rings. The molecule has 0 aliphatic carbocycles. The van der Waals surface area contributed by atoms with Crippen LogP contribution in [-0.4, -0.2) is 18.2 Å². The maximum atomic E-state index is 13.5. The Kier molecular flexibility index (Phi) is 4.15. The van der Waals surface area contributed by atoms with Crippen LogP contribution in [0.1, 0.15) is 12.5 Å². The molecule has 0 saturated heterocycles. The SMILES string of the molecule is CCn1cc(CNS(=O)(=O)c2ccc(F)cc2F)cn1. The molecule has 2 aromatic rings. The molecular weight excluding hydrogens is 288 g/mol. The largest absolute Gasteiger partial charge is 0.273 e. The maximum absolute atomic E-state index is 13.5. The summed E-state index contributed by atoms with van der Waals surface area (Å²) >= 11 is 0. The maximum Gasteiger partial charge on any atom is 0.243 e. The number of hydrogen-bond donors (Lipinski definition) is 1. The zero-order valence-electron chi connectivity index (χ0n) is 10.7. The Bertz CT molecular complexity index is 713. The second-order valence-electron chi connectivity index (χ2n) is 4.10. The van der Waals surface area contributed by atoms with Gasteiger partial charge in [0.15, 0.2) is 0 Å². The molecule has 0 aliphatic rings. The first-order valence-electron chi connectivity index (χ1n) is 5.88. The molecule has 0 unspecified atom stereocenters. The van der Waals surface area contributed by atoms with Crippen molar-refractivity contribution >= 4 is 10.0 Å². The number of rotatable bonds is 5. The lowest BCUT2D eigenvalue weighted by Gasteiger charge is -2.06. The average molecular weight is 301 g/mol. The van der Waals surface area contributed by atoms with Gasteiger partial charge in [0.1, 0.15) is 16.5 Å². The lowest BCUT2D eigenvalue weighted by Crippen LogP contribution is -2.24. The topological polar surface area (TPSA) is 64.0 Å². The minimum atomic E-state index is -4.03. The van der Waals surface area contributed by atoms with Gasteiger partial charge in [-0.3, -0.25) is 4.68 Å². The Morgan fingerprint density at radius 3 is 2.70 bits per heavy atom. The summed E-state index contributed by atoms with van der Waals surface area (Å²) in [6.45, 7) is 2.55. The lowest BCUT2D eigenvalue weighted by atomic mass is 10.3. The highest BCUT2D eigenvalue weighted by atomic mass is 32.2. The predicted molar refractivity (Wildman–Crippen MR) is 68.3 cm³/mol. The zero-order chi connectivity index (χ0) is 14.8. The molecule has 1 aromatic carbocycles. The van der Waals surface area contributed by atoms with Crippen molar-refractivity contribution in [2.75, 3.05) is 0 Å². The molecule has 0 spiro atoms. The molecule has 1 heterocycles. The molecule has 0 amide bonds. The van der Waals surface area contributed by atoms with Crippen LogP contribution in [0.3, 0.4) is 0 Å². The van der Waals surface area contributed by atoms with Crippen LogP contribution < -0.4 is 4.72 Å². The first kappa shape index (κ1) is 14.6. The minimum Gasteiger partial charge on any atom is -0.273 e. The highest BCUT2D eigenvalue weighted by Gasteiger charge is 2.19. The van der Waals surface area contributed by atoms with E-state index in [0.717, 1.165) is 12.1 Å². The predicted octanol–water partition coefficient (Wildman–Crippen LogP) is 1.66. The van der Waals surface area contributed by atoms with Crippen LogP contribution in [0.15, 0.2) is 35.5 Å². The number of halogens is 2. The first-order chi connectivity index (χ1) is 9.42. The van der Waals surface area contributed by atoms with Gasteiger partial charge in [0.05, 0.1) is 6.20 Å². The smallest absolute Gasteiger partial charge is 0.243 e. The lowest BCUT2D eigenvalue weighted by molar-refractivity contribution is 0.543. The molecule has 0 bridgehead atoms. The summed E-state index contributed by atoms with van der Waals surface area (Å²) in [5, 5.41) is 4.00. The van der Waals surface area contributed by atoms with Crippen molar-refractivity contribution in [2.24, 2.45) is 0 Å². The number of nitrogens with one attached hydrogen (secondary N) is 1. The molecule has 2 rings (SSSR count). The van der Waals surface area contributed by atoms with Gasteiger partial charge >= 0.3 is 0 Å². The van der Waals surface area contributed by atoms with Gasteiger partial charge in [-0.2, -0.15) is 5.10 Å². The summed E-state index contributed by atoms with van der Waals surface area (Å²) in [6, 6.07) is 2.32. The summed E-state index contributed by atoms with van der Waals surface area (Å²) in [6.07, 6.45) is 3.20. The molecule has 5 nitrogen and oxygen atoms in total. The molecule has 1 aromatic heterocycles. The fourth-order valence-electron chi connectivity index (χ4n) is 1.62. The average Bonchev–Trinajstić information content (AvgIpc) is 2.84. The third kappa shape index (κ3) is 3.20. The van der Waals surface area contributed by atoms with Crippen molar-refractivity contribution in [2.45, 2.75) is 24.9 Å². The molecule has 0 atom stereocenters. The van der Waals surface area contributed by atoms with Crippen molar-refractivity contribution in [3.05, 3.63) is 47.8 Å². The third-order valence-corrected chi connectivity index (χ3v) is 4.09. The van der Waals surface area contributed by atoms with E-state index in [1.54, 1.807) is 10.9 Å². The van der Waals surface area contributed by atoms with Gasteiger partial charge in [-0.25, -0.2) is 21.9 Å². The fraction of sp³-hybridized carbons (Fsp3) is 0.250. The van der Waals surface area contributed by atoms with E-state index in [2.05, 4.69) is 9.82 Å². The van der Waals surface area contributed by atoms with Gasteiger partial charge in [0, 0.05) is 30.9 Å². The van der Waals surface area contributed by atoms with E-state index >= 15 is 0 Å². The summed E-state index contributed by atoms with van der Waals surface area (Å²) in [7, 11) is -4.03. The van der Waals surface area contributed by atoms with Gasteiger partial charge in [-0.1, -0.05) is 0 Å². The van der Waals surface area contributed by atoms with Gasteiger partial charge in [-0.15, -0.1) is 0 Å². The van der Waals surface area contributed by atoms with Crippen LogP contribution >= 0.6 is 0 Å². The van der Waals surface area contributed by atoms with E-state index in [-0.39, 0.29) is 6.54 Å². The number of aromatic nitrogens is 2. The van der Waals surface area contributed by atoms with Crippen LogP contribution in [-0.2, 0) is 23.1 Å². The van der Waals surface area contributed by atoms with Crippen LogP contribution in [0, 0.1) is 11.6 Å². The van der Waals surface area contributed by atoms with Crippen molar-refractivity contribution < 1.29 is 17.2 Å². The van der Waals surface area contributed by atoms with E-state index < -0.39 is 26.6 Å². The highest BCUT2D eigenvalue weighted by Crippen LogP contribution is 2.15. The molecule has 0 aliphatic heterocycles. The zero-order valence-corrected chi connectivity index (χ0v) is 11.5. The van der Waals surface area contributed by atoms with Crippen LogP contribution in [0.2, 0.25) is 0 Å². The van der Waals surface area contributed by atoms with E-state index in [1.165, 1.54) is 6.20 Å². The van der Waals surface area contributed by atoms with E-state index in [9.17, 15) is 17.2 Å². The monoisotopic (exact) mass is 301 g/mol. The van der Waals surface area contributed by atoms with E-state index in [4.69, 9.17) is 0 Å². The number of aryl methyl sites for hydroxylation is 1. The summed E-state index contributed by atoms with van der Waals surface area (Å²) in [4.78, 5) is -0.582. The van der Waals surface area contributed by atoms with Crippen LogP contribution in [0.25, 0.3) is 0 Å². The van der Waals surface area contributed by atoms with Crippen molar-refractivity contribution in [1.82, 2.24) is 14.5 Å². The Balaban J connectivity index is 2.14. The number of nitrogens with zero attached hydrogens (tertiary/aromatic N) is 2. The second kappa shape index (κ2) is 5.68. The molecule has 0 radical (unpaired) electrons. The Morgan fingerprint density at radius 1 is 1.35 bits per heavy atom. The van der Waals surface area contributed by atoms with Crippen molar-refractivity contribution in [3.8, 4) is 0 Å². The molecule has 8 heteroatoms. The van der Waals surface area contributed by atoms with Crippen molar-refractivity contribution in [1.29, 1.82) is 0 Å². The van der Waals surface area contributed by atoms with Crippen LogP contribution in [0.5, 0.6) is 0 Å². The Labute approximate surface area is 115 Å². The van der Waals surface area contributed by atoms with Gasteiger partial charge in [0.2, 0.25) is 10.0 Å².